The van der Waals surface area contributed by atoms with E-state index in [0.29, 0.717) is 0 Å². The van der Waals surface area contributed by atoms with Crippen LogP contribution in [0.4, 0.5) is 0 Å². The lowest BCUT2D eigenvalue weighted by Crippen LogP contribution is -2.32. The summed E-state index contributed by atoms with van der Waals surface area (Å²) in [5, 5.41) is 1.91. The molecule has 0 N–H and O–H groups in total. The predicted octanol–water partition coefficient (Wildman–Crippen LogP) is 5.90. The molecule has 4 aromatic rings. The van der Waals surface area contributed by atoms with Crippen LogP contribution in [-0.4, -0.2) is 4.57 Å². The van der Waals surface area contributed by atoms with E-state index < -0.39 is 0 Å². The number of nitrogens with zero attached hydrogens (tertiary/aromatic N) is 2. The number of benzene rings is 2. The van der Waals surface area contributed by atoms with Gasteiger partial charge in [0.1, 0.15) is 12.1 Å². The quantitative estimate of drug-likeness (QED) is 0.395. The Morgan fingerprint density at radius 2 is 1.67 bits per heavy atom. The van der Waals surface area contributed by atoms with Crippen molar-refractivity contribution in [3.63, 3.8) is 0 Å². The van der Waals surface area contributed by atoms with Crippen LogP contribution in [0, 0.1) is 13.8 Å². The fourth-order valence-corrected chi connectivity index (χ4v) is 4.02. The third-order valence-electron chi connectivity index (χ3n) is 5.09. The number of hydrogen-bond acceptors (Lipinski definition) is 0. The van der Waals surface area contributed by atoms with E-state index in [2.05, 4.69) is 90.7 Å². The molecule has 0 unspecified atom stereocenters. The molecule has 2 nitrogen and oxygen atoms in total. The smallest absolute Gasteiger partial charge is 0.231 e. The standard InChI is InChI=1S/C24H22ClN2/c1-17-16-20(18(2)27(17)22-9-5-4-6-10-22)13-15-21-14-12-19-8-7-11-23(25)24(19)26(21)3/h4-16H,1-3H3/q+1. The molecular weight excluding hydrogens is 352 g/mol. The summed E-state index contributed by atoms with van der Waals surface area (Å²) in [6, 6.07) is 22.9. The van der Waals surface area contributed by atoms with E-state index in [4.69, 9.17) is 11.6 Å². The fourth-order valence-electron chi connectivity index (χ4n) is 3.71. The number of para-hydroxylation sites is 2. The third kappa shape index (κ3) is 3.17. The molecule has 0 saturated carbocycles. The highest BCUT2D eigenvalue weighted by molar-refractivity contribution is 6.34. The Morgan fingerprint density at radius 1 is 0.889 bits per heavy atom. The van der Waals surface area contributed by atoms with Crippen molar-refractivity contribution in [3.8, 4) is 5.69 Å². The van der Waals surface area contributed by atoms with Gasteiger partial charge in [0.15, 0.2) is 0 Å². The van der Waals surface area contributed by atoms with E-state index in [1.54, 1.807) is 0 Å². The first-order valence-corrected chi connectivity index (χ1v) is 9.44. The van der Waals surface area contributed by atoms with Crippen LogP contribution in [0.25, 0.3) is 28.7 Å². The molecule has 0 aliphatic heterocycles. The molecule has 0 aliphatic rings. The number of rotatable bonds is 3. The Hall–Kier alpha value is -2.84. The van der Waals surface area contributed by atoms with Crippen molar-refractivity contribution in [2.75, 3.05) is 0 Å². The van der Waals surface area contributed by atoms with Gasteiger partial charge in [0.25, 0.3) is 0 Å². The van der Waals surface area contributed by atoms with Crippen LogP contribution in [0.2, 0.25) is 5.02 Å². The number of pyridine rings is 1. The van der Waals surface area contributed by atoms with Gasteiger partial charge in [0.2, 0.25) is 11.2 Å². The first-order chi connectivity index (χ1) is 13.1. The molecule has 0 fully saturated rings. The van der Waals surface area contributed by atoms with E-state index in [1.165, 1.54) is 22.6 Å². The molecule has 0 saturated heterocycles. The van der Waals surface area contributed by atoms with Gasteiger partial charge in [-0.3, -0.25) is 0 Å². The first kappa shape index (κ1) is 17.6. The number of aromatic nitrogens is 2. The second-order valence-corrected chi connectivity index (χ2v) is 7.23. The zero-order valence-corrected chi connectivity index (χ0v) is 16.5. The lowest BCUT2D eigenvalue weighted by molar-refractivity contribution is -0.646. The van der Waals surface area contributed by atoms with Gasteiger partial charge in [-0.05, 0) is 61.9 Å². The molecule has 0 bridgehead atoms. The number of hydrogen-bond donors (Lipinski definition) is 0. The SMILES string of the molecule is Cc1cc(/C=C/c2ccc3cccc(Cl)c3[n+]2C)c(C)n1-c1ccccc1. The number of halogens is 1. The Labute approximate surface area is 165 Å². The zero-order chi connectivity index (χ0) is 19.0. The van der Waals surface area contributed by atoms with Gasteiger partial charge in [-0.25, -0.2) is 0 Å². The van der Waals surface area contributed by atoms with Crippen molar-refractivity contribution in [1.29, 1.82) is 0 Å². The van der Waals surface area contributed by atoms with Crippen molar-refractivity contribution in [2.24, 2.45) is 7.05 Å². The van der Waals surface area contributed by atoms with Gasteiger partial charge in [0.05, 0.1) is 0 Å². The summed E-state index contributed by atoms with van der Waals surface area (Å²) in [6.45, 7) is 4.31. The largest absolute Gasteiger partial charge is 0.318 e. The summed E-state index contributed by atoms with van der Waals surface area (Å²) in [6.07, 6.45) is 4.33. The Morgan fingerprint density at radius 3 is 2.44 bits per heavy atom. The third-order valence-corrected chi connectivity index (χ3v) is 5.40. The van der Waals surface area contributed by atoms with Crippen molar-refractivity contribution in [2.45, 2.75) is 13.8 Å². The normalized spacial score (nSPS) is 11.6. The van der Waals surface area contributed by atoms with Crippen molar-refractivity contribution in [3.05, 3.63) is 94.4 Å². The van der Waals surface area contributed by atoms with Crippen molar-refractivity contribution >= 4 is 34.7 Å². The minimum atomic E-state index is 0.771. The molecule has 0 spiro atoms. The summed E-state index contributed by atoms with van der Waals surface area (Å²) in [5.74, 6) is 0. The van der Waals surface area contributed by atoms with Crippen molar-refractivity contribution in [1.82, 2.24) is 4.57 Å². The van der Waals surface area contributed by atoms with E-state index in [0.717, 1.165) is 21.6 Å². The first-order valence-electron chi connectivity index (χ1n) is 9.06. The summed E-state index contributed by atoms with van der Waals surface area (Å²) in [4.78, 5) is 0. The minimum absolute atomic E-state index is 0.771. The van der Waals surface area contributed by atoms with E-state index in [9.17, 15) is 0 Å². The van der Waals surface area contributed by atoms with E-state index >= 15 is 0 Å². The molecular formula is C24H22ClN2+. The molecule has 0 amide bonds. The maximum absolute atomic E-state index is 6.42. The monoisotopic (exact) mass is 373 g/mol. The molecule has 3 heteroatoms. The molecule has 2 aromatic carbocycles. The fraction of sp³-hybridized carbons (Fsp3) is 0.125. The van der Waals surface area contributed by atoms with Crippen LogP contribution in [0.1, 0.15) is 22.6 Å². The van der Waals surface area contributed by atoms with Crippen LogP contribution in [0.15, 0.2) is 66.7 Å². The molecule has 2 aromatic heterocycles. The minimum Gasteiger partial charge on any atom is -0.318 e. The van der Waals surface area contributed by atoms with Crippen LogP contribution in [0.3, 0.4) is 0 Å². The topological polar surface area (TPSA) is 8.81 Å². The maximum Gasteiger partial charge on any atom is 0.231 e. The van der Waals surface area contributed by atoms with Gasteiger partial charge in [-0.1, -0.05) is 35.9 Å². The number of fused-ring (bicyclic) bond motifs is 1. The van der Waals surface area contributed by atoms with Crippen LogP contribution in [-0.2, 0) is 7.05 Å². The highest BCUT2D eigenvalue weighted by atomic mass is 35.5. The molecule has 0 atom stereocenters. The predicted molar refractivity (Wildman–Crippen MR) is 114 cm³/mol. The lowest BCUT2D eigenvalue weighted by Gasteiger charge is -2.09. The van der Waals surface area contributed by atoms with Gasteiger partial charge in [-0.15, -0.1) is 0 Å². The highest BCUT2D eigenvalue weighted by Crippen LogP contribution is 2.23. The Kier molecular flexibility index (Phi) is 4.59. The van der Waals surface area contributed by atoms with Crippen LogP contribution >= 0.6 is 11.6 Å². The van der Waals surface area contributed by atoms with Crippen LogP contribution in [0.5, 0.6) is 0 Å². The summed E-state index contributed by atoms with van der Waals surface area (Å²) in [5.41, 5.74) is 7.03. The molecule has 0 radical (unpaired) electrons. The average Bonchev–Trinajstić information content (AvgIpc) is 2.95. The van der Waals surface area contributed by atoms with Gasteiger partial charge in [0, 0.05) is 34.6 Å². The van der Waals surface area contributed by atoms with Gasteiger partial charge < -0.3 is 4.57 Å². The number of aryl methyl sites for hydroxylation is 2. The summed E-state index contributed by atoms with van der Waals surface area (Å²) < 4.78 is 4.43. The van der Waals surface area contributed by atoms with Gasteiger partial charge >= 0.3 is 0 Å². The Balaban J connectivity index is 1.75. The van der Waals surface area contributed by atoms with Crippen LogP contribution < -0.4 is 4.57 Å². The average molecular weight is 374 g/mol. The van der Waals surface area contributed by atoms with Gasteiger partial charge in [-0.2, -0.15) is 4.57 Å². The molecule has 134 valence electrons. The lowest BCUT2D eigenvalue weighted by atomic mass is 10.1. The highest BCUT2D eigenvalue weighted by Gasteiger charge is 2.13. The Bertz CT molecular complexity index is 1150. The van der Waals surface area contributed by atoms with Crippen molar-refractivity contribution < 1.29 is 4.57 Å². The zero-order valence-electron chi connectivity index (χ0n) is 15.8. The van der Waals surface area contributed by atoms with E-state index in [1.807, 2.05) is 18.2 Å². The maximum atomic E-state index is 6.42. The molecule has 0 aliphatic carbocycles. The molecule has 4 rings (SSSR count). The van der Waals surface area contributed by atoms with E-state index in [-0.39, 0.29) is 0 Å². The summed E-state index contributed by atoms with van der Waals surface area (Å²) >= 11 is 6.42. The second kappa shape index (κ2) is 7.05. The summed E-state index contributed by atoms with van der Waals surface area (Å²) in [7, 11) is 2.06. The second-order valence-electron chi connectivity index (χ2n) is 6.83. The molecule has 2 heterocycles. The molecule has 27 heavy (non-hydrogen) atoms.